The summed E-state index contributed by atoms with van der Waals surface area (Å²) >= 11 is 1.22. The van der Waals surface area contributed by atoms with E-state index >= 15 is 0 Å². The highest BCUT2D eigenvalue weighted by Crippen LogP contribution is 2.29. The Hall–Kier alpha value is -3.54. The first kappa shape index (κ1) is 23.6. The summed E-state index contributed by atoms with van der Waals surface area (Å²) in [7, 11) is -3.89. The number of nitrogens with one attached hydrogen (secondary N) is 1. The van der Waals surface area contributed by atoms with Crippen molar-refractivity contribution in [2.24, 2.45) is 5.14 Å². The molecule has 0 aliphatic rings. The molecule has 3 N–H and O–H groups in total. The summed E-state index contributed by atoms with van der Waals surface area (Å²) in [6, 6.07) is 16.1. The van der Waals surface area contributed by atoms with Gasteiger partial charge in [-0.15, -0.1) is 10.2 Å². The molecule has 2 heterocycles. The number of primary sulfonamides is 1. The molecule has 0 aliphatic carbocycles. The fraction of sp³-hybridized carbons (Fsp3) is 0.130. The molecule has 0 spiro atoms. The van der Waals surface area contributed by atoms with Crippen molar-refractivity contribution in [2.45, 2.75) is 23.9 Å². The molecule has 0 fully saturated rings. The van der Waals surface area contributed by atoms with Crippen LogP contribution in [0.15, 0.2) is 77.0 Å². The Morgan fingerprint density at radius 3 is 2.56 bits per heavy atom. The van der Waals surface area contributed by atoms with Crippen molar-refractivity contribution in [2.75, 3.05) is 11.1 Å². The minimum Gasteiger partial charge on any atom is -0.325 e. The number of nitrogens with two attached hydrogens (primary N) is 1. The minimum absolute atomic E-state index is 0.0293. The lowest BCUT2D eigenvalue weighted by molar-refractivity contribution is -0.113. The molecule has 1 amide bonds. The number of para-hydroxylation sites is 1. The number of amides is 1. The standard InChI is InChI=1S/C23H22N6O3S2/c1-15-6-3-4-8-19(15)29-22(17-7-5-11-25-13-17)27-28-23(29)33-14-21(30)26-18-10-9-16(2)20(12-18)34(24,31)32/h3-13H,14H2,1-2H3,(H,26,30)(H2,24,31,32). The first-order valence-electron chi connectivity index (χ1n) is 10.2. The molecule has 0 bridgehead atoms. The number of pyridine rings is 1. The van der Waals surface area contributed by atoms with Gasteiger partial charge in [0, 0.05) is 23.6 Å². The van der Waals surface area contributed by atoms with Crippen LogP contribution in [0.5, 0.6) is 0 Å². The van der Waals surface area contributed by atoms with E-state index in [-0.39, 0.29) is 16.6 Å². The number of nitrogens with zero attached hydrogens (tertiary/aromatic N) is 4. The number of anilines is 1. The number of thioether (sulfide) groups is 1. The van der Waals surface area contributed by atoms with Crippen molar-refractivity contribution in [3.8, 4) is 17.1 Å². The number of hydrogen-bond donors (Lipinski definition) is 2. The molecule has 2 aromatic carbocycles. The Labute approximate surface area is 201 Å². The van der Waals surface area contributed by atoms with Crippen molar-refractivity contribution in [3.05, 3.63) is 78.1 Å². The molecule has 11 heteroatoms. The van der Waals surface area contributed by atoms with Gasteiger partial charge in [-0.3, -0.25) is 14.3 Å². The molecule has 0 radical (unpaired) electrons. The van der Waals surface area contributed by atoms with Gasteiger partial charge in [0.15, 0.2) is 11.0 Å². The van der Waals surface area contributed by atoms with Gasteiger partial charge in [0.2, 0.25) is 15.9 Å². The Morgan fingerprint density at radius 1 is 1.06 bits per heavy atom. The molecule has 9 nitrogen and oxygen atoms in total. The van der Waals surface area contributed by atoms with Crippen molar-refractivity contribution in [1.82, 2.24) is 19.7 Å². The average Bonchev–Trinajstić information content (AvgIpc) is 3.23. The number of benzene rings is 2. The van der Waals surface area contributed by atoms with Crippen LogP contribution in [0.2, 0.25) is 0 Å². The number of carbonyl (C=O) groups is 1. The van der Waals surface area contributed by atoms with E-state index in [9.17, 15) is 13.2 Å². The van der Waals surface area contributed by atoms with Gasteiger partial charge in [0.25, 0.3) is 0 Å². The van der Waals surface area contributed by atoms with Gasteiger partial charge in [0.05, 0.1) is 16.3 Å². The largest absolute Gasteiger partial charge is 0.325 e. The van der Waals surface area contributed by atoms with Crippen LogP contribution in [-0.2, 0) is 14.8 Å². The molecule has 174 valence electrons. The van der Waals surface area contributed by atoms with Gasteiger partial charge < -0.3 is 5.32 Å². The SMILES string of the molecule is Cc1ccccc1-n1c(SCC(=O)Nc2ccc(C)c(S(N)(=O)=O)c2)nnc1-c1cccnc1. The smallest absolute Gasteiger partial charge is 0.238 e. The van der Waals surface area contributed by atoms with Crippen LogP contribution in [0.1, 0.15) is 11.1 Å². The van der Waals surface area contributed by atoms with E-state index in [1.807, 2.05) is 47.9 Å². The van der Waals surface area contributed by atoms with E-state index in [4.69, 9.17) is 5.14 Å². The van der Waals surface area contributed by atoms with Gasteiger partial charge in [-0.05, 0) is 55.3 Å². The molecule has 0 aliphatic heterocycles. The third-order valence-electron chi connectivity index (χ3n) is 5.02. The molecule has 2 aromatic heterocycles. The number of sulfonamides is 1. The zero-order valence-electron chi connectivity index (χ0n) is 18.5. The summed E-state index contributed by atoms with van der Waals surface area (Å²) in [5.41, 5.74) is 3.56. The maximum absolute atomic E-state index is 12.6. The number of rotatable bonds is 7. The normalized spacial score (nSPS) is 11.4. The summed E-state index contributed by atoms with van der Waals surface area (Å²) in [4.78, 5) is 16.8. The first-order valence-corrected chi connectivity index (χ1v) is 12.7. The summed E-state index contributed by atoms with van der Waals surface area (Å²) < 4.78 is 25.4. The third kappa shape index (κ3) is 5.16. The van der Waals surface area contributed by atoms with Crippen LogP contribution in [0, 0.1) is 13.8 Å². The lowest BCUT2D eigenvalue weighted by Crippen LogP contribution is -2.17. The van der Waals surface area contributed by atoms with Crippen molar-refractivity contribution >= 4 is 33.4 Å². The molecule has 0 saturated carbocycles. The molecule has 0 saturated heterocycles. The van der Waals surface area contributed by atoms with Gasteiger partial charge in [0.1, 0.15) is 0 Å². The van der Waals surface area contributed by atoms with E-state index < -0.39 is 10.0 Å². The second-order valence-corrected chi connectivity index (χ2v) is 10.0. The van der Waals surface area contributed by atoms with Gasteiger partial charge in [-0.2, -0.15) is 0 Å². The van der Waals surface area contributed by atoms with Crippen LogP contribution in [0.4, 0.5) is 5.69 Å². The summed E-state index contributed by atoms with van der Waals surface area (Å²) in [5, 5.41) is 17.2. The van der Waals surface area contributed by atoms with Crippen LogP contribution >= 0.6 is 11.8 Å². The highest BCUT2D eigenvalue weighted by atomic mass is 32.2. The fourth-order valence-corrected chi connectivity index (χ4v) is 4.94. The molecule has 4 rings (SSSR count). The topological polar surface area (TPSA) is 133 Å². The van der Waals surface area contributed by atoms with E-state index in [0.29, 0.717) is 22.2 Å². The van der Waals surface area contributed by atoms with Crippen LogP contribution in [-0.4, -0.2) is 39.8 Å². The lowest BCUT2D eigenvalue weighted by Gasteiger charge is -2.13. The second kappa shape index (κ2) is 9.75. The predicted octanol–water partition coefficient (Wildman–Crippen LogP) is 3.32. The Bertz CT molecular complexity index is 1450. The fourth-order valence-electron chi connectivity index (χ4n) is 3.39. The van der Waals surface area contributed by atoms with Crippen molar-refractivity contribution in [1.29, 1.82) is 0 Å². The number of aryl methyl sites for hydroxylation is 2. The second-order valence-electron chi connectivity index (χ2n) is 7.53. The molecule has 0 unspecified atom stereocenters. The monoisotopic (exact) mass is 494 g/mol. The highest BCUT2D eigenvalue weighted by Gasteiger charge is 2.19. The average molecular weight is 495 g/mol. The molecular weight excluding hydrogens is 472 g/mol. The molecule has 0 atom stereocenters. The molecular formula is C23H22N6O3S2. The van der Waals surface area contributed by atoms with E-state index in [2.05, 4.69) is 20.5 Å². The maximum Gasteiger partial charge on any atom is 0.238 e. The zero-order chi connectivity index (χ0) is 24.3. The predicted molar refractivity (Wildman–Crippen MR) is 131 cm³/mol. The number of hydrogen-bond acceptors (Lipinski definition) is 7. The number of carbonyl (C=O) groups excluding carboxylic acids is 1. The van der Waals surface area contributed by atoms with Gasteiger partial charge in [-0.25, -0.2) is 13.6 Å². The summed E-state index contributed by atoms with van der Waals surface area (Å²) in [5.74, 6) is 0.327. The molecule has 4 aromatic rings. The molecule has 34 heavy (non-hydrogen) atoms. The van der Waals surface area contributed by atoms with E-state index in [1.54, 1.807) is 31.5 Å². The van der Waals surface area contributed by atoms with Crippen molar-refractivity contribution in [3.63, 3.8) is 0 Å². The van der Waals surface area contributed by atoms with Crippen LogP contribution in [0.3, 0.4) is 0 Å². The Balaban J connectivity index is 1.59. The quantitative estimate of drug-likeness (QED) is 0.377. The third-order valence-corrected chi connectivity index (χ3v) is 7.00. The number of aromatic nitrogens is 4. The highest BCUT2D eigenvalue weighted by molar-refractivity contribution is 7.99. The maximum atomic E-state index is 12.6. The zero-order valence-corrected chi connectivity index (χ0v) is 20.1. The summed E-state index contributed by atoms with van der Waals surface area (Å²) in [6.45, 7) is 3.63. The lowest BCUT2D eigenvalue weighted by atomic mass is 10.2. The van der Waals surface area contributed by atoms with E-state index in [1.165, 1.54) is 17.8 Å². The van der Waals surface area contributed by atoms with Gasteiger partial charge in [-0.1, -0.05) is 36.0 Å². The van der Waals surface area contributed by atoms with Crippen LogP contribution in [0.25, 0.3) is 17.1 Å². The Morgan fingerprint density at radius 2 is 1.85 bits per heavy atom. The first-order chi connectivity index (χ1) is 16.2. The van der Waals surface area contributed by atoms with Crippen LogP contribution < -0.4 is 10.5 Å². The van der Waals surface area contributed by atoms with E-state index in [0.717, 1.165) is 16.8 Å². The minimum atomic E-state index is -3.89. The van der Waals surface area contributed by atoms with Gasteiger partial charge >= 0.3 is 0 Å². The summed E-state index contributed by atoms with van der Waals surface area (Å²) in [6.07, 6.45) is 3.39. The van der Waals surface area contributed by atoms with Crippen molar-refractivity contribution < 1.29 is 13.2 Å². The Kier molecular flexibility index (Phi) is 6.77.